The Bertz CT molecular complexity index is 563. The second-order valence-corrected chi connectivity index (χ2v) is 4.56. The maximum atomic E-state index is 6.08. The maximum Gasteiger partial charge on any atom is 0.162 e. The fourth-order valence-corrected chi connectivity index (χ4v) is 2.35. The van der Waals surface area contributed by atoms with Crippen LogP contribution in [0.5, 0.6) is 0 Å². The zero-order valence-corrected chi connectivity index (χ0v) is 11.0. The lowest BCUT2D eigenvalue weighted by Crippen LogP contribution is -2.06. The van der Waals surface area contributed by atoms with Gasteiger partial charge < -0.3 is 11.5 Å². The van der Waals surface area contributed by atoms with Gasteiger partial charge in [0.15, 0.2) is 5.65 Å². The molecule has 0 fully saturated rings. The Kier molecular flexibility index (Phi) is 3.65. The standard InChI is InChI=1S/C14H20N4/c1-3-5-9-7-8-17-14-11(9)10(6-4-2)12(15)13(16)18-14/h7-8H,3-6,15H2,1-2H3,(H2,16,17,18). The molecular formula is C14H20N4. The van der Waals surface area contributed by atoms with Gasteiger partial charge in [-0.3, -0.25) is 0 Å². The summed E-state index contributed by atoms with van der Waals surface area (Å²) in [7, 11) is 0. The van der Waals surface area contributed by atoms with Crippen molar-refractivity contribution < 1.29 is 0 Å². The van der Waals surface area contributed by atoms with Crippen LogP contribution in [0.25, 0.3) is 11.0 Å². The molecule has 2 rings (SSSR count). The summed E-state index contributed by atoms with van der Waals surface area (Å²) < 4.78 is 0. The molecule has 18 heavy (non-hydrogen) atoms. The van der Waals surface area contributed by atoms with Crippen molar-refractivity contribution in [2.24, 2.45) is 0 Å². The Hall–Kier alpha value is -1.84. The molecule has 0 saturated carbocycles. The van der Waals surface area contributed by atoms with E-state index in [1.54, 1.807) is 6.20 Å². The van der Waals surface area contributed by atoms with E-state index in [9.17, 15) is 0 Å². The van der Waals surface area contributed by atoms with Crippen molar-refractivity contribution in [2.75, 3.05) is 11.5 Å². The first-order valence-corrected chi connectivity index (χ1v) is 6.50. The van der Waals surface area contributed by atoms with Crippen LogP contribution in [-0.4, -0.2) is 9.97 Å². The number of pyridine rings is 2. The molecule has 4 nitrogen and oxygen atoms in total. The molecule has 0 amide bonds. The Balaban J connectivity index is 2.77. The van der Waals surface area contributed by atoms with Crippen LogP contribution < -0.4 is 11.5 Å². The number of fused-ring (bicyclic) bond motifs is 1. The average Bonchev–Trinajstić information content (AvgIpc) is 2.35. The molecule has 4 heteroatoms. The van der Waals surface area contributed by atoms with Gasteiger partial charge in [0.1, 0.15) is 5.82 Å². The van der Waals surface area contributed by atoms with Gasteiger partial charge in [0.2, 0.25) is 0 Å². The fourth-order valence-electron chi connectivity index (χ4n) is 2.35. The van der Waals surface area contributed by atoms with Gasteiger partial charge >= 0.3 is 0 Å². The van der Waals surface area contributed by atoms with Gasteiger partial charge in [-0.05, 0) is 30.0 Å². The van der Waals surface area contributed by atoms with E-state index in [2.05, 4.69) is 29.9 Å². The molecule has 0 bridgehead atoms. The van der Waals surface area contributed by atoms with Crippen molar-refractivity contribution in [1.82, 2.24) is 9.97 Å². The van der Waals surface area contributed by atoms with Gasteiger partial charge in [-0.2, -0.15) is 0 Å². The van der Waals surface area contributed by atoms with Crippen molar-refractivity contribution >= 4 is 22.5 Å². The smallest absolute Gasteiger partial charge is 0.162 e. The molecule has 0 aliphatic heterocycles. The van der Waals surface area contributed by atoms with Crippen molar-refractivity contribution in [3.05, 3.63) is 23.4 Å². The maximum absolute atomic E-state index is 6.08. The zero-order valence-electron chi connectivity index (χ0n) is 11.0. The number of rotatable bonds is 4. The number of aromatic nitrogens is 2. The van der Waals surface area contributed by atoms with Crippen LogP contribution >= 0.6 is 0 Å². The molecule has 4 N–H and O–H groups in total. The highest BCUT2D eigenvalue weighted by Gasteiger charge is 2.13. The number of nitrogen functional groups attached to an aromatic ring is 2. The van der Waals surface area contributed by atoms with Crippen molar-refractivity contribution in [2.45, 2.75) is 39.5 Å². The Labute approximate surface area is 107 Å². The lowest BCUT2D eigenvalue weighted by Gasteiger charge is -2.13. The number of nitrogens with two attached hydrogens (primary N) is 2. The minimum absolute atomic E-state index is 0.395. The number of aryl methyl sites for hydroxylation is 2. The summed E-state index contributed by atoms with van der Waals surface area (Å²) in [4.78, 5) is 8.62. The largest absolute Gasteiger partial charge is 0.396 e. The van der Waals surface area contributed by atoms with E-state index < -0.39 is 0 Å². The Morgan fingerprint density at radius 3 is 2.50 bits per heavy atom. The minimum atomic E-state index is 0.395. The predicted molar refractivity (Wildman–Crippen MR) is 76.4 cm³/mol. The summed E-state index contributed by atoms with van der Waals surface area (Å²) in [6, 6.07) is 2.06. The first-order chi connectivity index (χ1) is 8.69. The van der Waals surface area contributed by atoms with Crippen LogP contribution in [0.2, 0.25) is 0 Å². The normalized spacial score (nSPS) is 11.0. The molecule has 0 radical (unpaired) electrons. The summed E-state index contributed by atoms with van der Waals surface area (Å²) >= 11 is 0. The molecule has 0 spiro atoms. The fraction of sp³-hybridized carbons (Fsp3) is 0.429. The molecule has 2 aromatic rings. The van der Waals surface area contributed by atoms with E-state index in [1.165, 1.54) is 5.56 Å². The van der Waals surface area contributed by atoms with E-state index in [1.807, 2.05) is 0 Å². The van der Waals surface area contributed by atoms with Crippen LogP contribution in [0.3, 0.4) is 0 Å². The second-order valence-electron chi connectivity index (χ2n) is 4.56. The Morgan fingerprint density at radius 1 is 1.11 bits per heavy atom. The SMILES string of the molecule is CCCc1ccnc2nc(N)c(N)c(CCC)c12. The van der Waals surface area contributed by atoms with Crippen molar-refractivity contribution in [3.8, 4) is 0 Å². The molecular weight excluding hydrogens is 224 g/mol. The van der Waals surface area contributed by atoms with Crippen LogP contribution in [0.4, 0.5) is 11.5 Å². The quantitative estimate of drug-likeness (QED) is 0.866. The highest BCUT2D eigenvalue weighted by molar-refractivity contribution is 5.90. The van der Waals surface area contributed by atoms with Crippen LogP contribution in [0.15, 0.2) is 12.3 Å². The molecule has 0 aromatic carbocycles. The van der Waals surface area contributed by atoms with Gasteiger partial charge in [0.05, 0.1) is 5.69 Å². The second kappa shape index (κ2) is 5.21. The summed E-state index contributed by atoms with van der Waals surface area (Å²) in [6.07, 6.45) is 5.85. The summed E-state index contributed by atoms with van der Waals surface area (Å²) in [5, 5.41) is 1.10. The van der Waals surface area contributed by atoms with Gasteiger partial charge in [-0.15, -0.1) is 0 Å². The third-order valence-corrected chi connectivity index (χ3v) is 3.17. The van der Waals surface area contributed by atoms with Gasteiger partial charge in [-0.25, -0.2) is 9.97 Å². The Morgan fingerprint density at radius 2 is 1.83 bits per heavy atom. The van der Waals surface area contributed by atoms with Crippen molar-refractivity contribution in [3.63, 3.8) is 0 Å². The number of anilines is 2. The van der Waals surface area contributed by atoms with Gasteiger partial charge in [-0.1, -0.05) is 26.7 Å². The lowest BCUT2D eigenvalue weighted by molar-refractivity contribution is 0.909. The van der Waals surface area contributed by atoms with E-state index in [0.717, 1.165) is 42.3 Å². The van der Waals surface area contributed by atoms with Gasteiger partial charge in [0, 0.05) is 11.6 Å². The number of hydrogen-bond acceptors (Lipinski definition) is 4. The van der Waals surface area contributed by atoms with Crippen LogP contribution in [0.1, 0.15) is 37.8 Å². The van der Waals surface area contributed by atoms with E-state index in [0.29, 0.717) is 11.5 Å². The van der Waals surface area contributed by atoms with E-state index in [4.69, 9.17) is 11.5 Å². The highest BCUT2D eigenvalue weighted by atomic mass is 14.9. The molecule has 96 valence electrons. The summed E-state index contributed by atoms with van der Waals surface area (Å²) in [5.74, 6) is 0.395. The molecule has 0 saturated heterocycles. The minimum Gasteiger partial charge on any atom is -0.396 e. The van der Waals surface area contributed by atoms with Gasteiger partial charge in [0.25, 0.3) is 0 Å². The number of nitrogens with zero attached hydrogens (tertiary/aromatic N) is 2. The first kappa shape index (κ1) is 12.6. The summed E-state index contributed by atoms with van der Waals surface area (Å²) in [6.45, 7) is 4.30. The monoisotopic (exact) mass is 244 g/mol. The highest BCUT2D eigenvalue weighted by Crippen LogP contribution is 2.30. The number of hydrogen-bond donors (Lipinski definition) is 2. The van der Waals surface area contributed by atoms with Crippen LogP contribution in [-0.2, 0) is 12.8 Å². The molecule has 0 aliphatic carbocycles. The average molecular weight is 244 g/mol. The molecule has 0 atom stereocenters. The zero-order chi connectivity index (χ0) is 13.1. The van der Waals surface area contributed by atoms with E-state index in [-0.39, 0.29) is 0 Å². The third-order valence-electron chi connectivity index (χ3n) is 3.17. The molecule has 0 unspecified atom stereocenters. The lowest BCUT2D eigenvalue weighted by atomic mass is 9.98. The third kappa shape index (κ3) is 2.10. The van der Waals surface area contributed by atoms with Crippen molar-refractivity contribution in [1.29, 1.82) is 0 Å². The summed E-state index contributed by atoms with van der Waals surface area (Å²) in [5.41, 5.74) is 15.7. The van der Waals surface area contributed by atoms with E-state index >= 15 is 0 Å². The molecule has 0 aliphatic rings. The molecule has 2 aromatic heterocycles. The molecule has 2 heterocycles. The predicted octanol–water partition coefficient (Wildman–Crippen LogP) is 2.70. The topological polar surface area (TPSA) is 77.8 Å². The first-order valence-electron chi connectivity index (χ1n) is 6.50. The van der Waals surface area contributed by atoms with Crippen LogP contribution in [0, 0.1) is 0 Å².